The van der Waals surface area contributed by atoms with Crippen molar-refractivity contribution in [2.75, 3.05) is 18.5 Å². The summed E-state index contributed by atoms with van der Waals surface area (Å²) in [5.41, 5.74) is 0.206. The van der Waals surface area contributed by atoms with Crippen molar-refractivity contribution < 1.29 is 17.9 Å². The first-order valence-electron chi connectivity index (χ1n) is 7.89. The van der Waals surface area contributed by atoms with Crippen molar-refractivity contribution in [3.63, 3.8) is 0 Å². The number of anilines is 1. The number of hydrogen-bond acceptors (Lipinski definition) is 4. The summed E-state index contributed by atoms with van der Waals surface area (Å²) in [4.78, 5) is 3.83. The second-order valence-electron chi connectivity index (χ2n) is 5.75. The number of alkyl halides is 3. The van der Waals surface area contributed by atoms with Crippen LogP contribution in [0.5, 0.6) is 0 Å². The van der Waals surface area contributed by atoms with E-state index >= 15 is 0 Å². The van der Waals surface area contributed by atoms with Crippen LogP contribution in [0.4, 0.5) is 19.0 Å². The van der Waals surface area contributed by atoms with Crippen molar-refractivity contribution in [3.8, 4) is 0 Å². The van der Waals surface area contributed by atoms with Gasteiger partial charge in [-0.2, -0.15) is 18.3 Å². The van der Waals surface area contributed by atoms with E-state index in [0.717, 1.165) is 24.6 Å². The van der Waals surface area contributed by atoms with Gasteiger partial charge in [-0.3, -0.25) is 4.68 Å². The summed E-state index contributed by atoms with van der Waals surface area (Å²) in [6.07, 6.45) is 1.23. The Kier molecular flexibility index (Phi) is 4.75. The number of aromatic nitrogens is 3. The Morgan fingerprint density at radius 2 is 2.25 bits per heavy atom. The van der Waals surface area contributed by atoms with Crippen LogP contribution in [0, 0.1) is 5.92 Å². The molecule has 2 aromatic heterocycles. The molecule has 0 amide bonds. The Morgan fingerprint density at radius 3 is 2.96 bits per heavy atom. The zero-order valence-corrected chi connectivity index (χ0v) is 13.3. The highest BCUT2D eigenvalue weighted by molar-refractivity contribution is 5.45. The third-order valence-corrected chi connectivity index (χ3v) is 4.16. The largest absolute Gasteiger partial charge is 0.419 e. The lowest BCUT2D eigenvalue weighted by atomic mass is 9.97. The summed E-state index contributed by atoms with van der Waals surface area (Å²) >= 11 is 0. The van der Waals surface area contributed by atoms with Crippen molar-refractivity contribution in [1.82, 2.24) is 14.8 Å². The second-order valence-corrected chi connectivity index (χ2v) is 5.75. The molecule has 0 radical (unpaired) electrons. The predicted molar refractivity (Wildman–Crippen MR) is 82.4 cm³/mol. The fraction of sp³-hybridized carbons (Fsp3) is 0.500. The molecular formula is C16H19F3N4O. The Morgan fingerprint density at radius 1 is 1.42 bits per heavy atom. The predicted octanol–water partition coefficient (Wildman–Crippen LogP) is 3.51. The fourth-order valence-electron chi connectivity index (χ4n) is 2.91. The van der Waals surface area contributed by atoms with Gasteiger partial charge < -0.3 is 10.1 Å². The van der Waals surface area contributed by atoms with Gasteiger partial charge in [0, 0.05) is 43.6 Å². The summed E-state index contributed by atoms with van der Waals surface area (Å²) in [5, 5.41) is 7.08. The van der Waals surface area contributed by atoms with Crippen molar-refractivity contribution >= 4 is 5.82 Å². The zero-order chi connectivity index (χ0) is 17.2. The van der Waals surface area contributed by atoms with Crippen LogP contribution in [0.1, 0.15) is 30.6 Å². The van der Waals surface area contributed by atoms with E-state index in [9.17, 15) is 13.2 Å². The molecule has 8 heteroatoms. The number of aryl methyl sites for hydroxylation is 1. The van der Waals surface area contributed by atoms with Crippen LogP contribution in [0.2, 0.25) is 0 Å². The third-order valence-electron chi connectivity index (χ3n) is 4.16. The van der Waals surface area contributed by atoms with Crippen LogP contribution < -0.4 is 5.32 Å². The van der Waals surface area contributed by atoms with Crippen molar-refractivity contribution in [2.24, 2.45) is 5.92 Å². The van der Waals surface area contributed by atoms with E-state index in [-0.39, 0.29) is 17.8 Å². The van der Waals surface area contributed by atoms with Gasteiger partial charge in [-0.15, -0.1) is 0 Å². The van der Waals surface area contributed by atoms with Gasteiger partial charge in [0.05, 0.1) is 17.9 Å². The molecule has 130 valence electrons. The highest BCUT2D eigenvalue weighted by Crippen LogP contribution is 2.36. The third kappa shape index (κ3) is 3.53. The molecule has 0 spiro atoms. The van der Waals surface area contributed by atoms with Crippen LogP contribution in [-0.4, -0.2) is 27.9 Å². The average molecular weight is 340 g/mol. The van der Waals surface area contributed by atoms with Gasteiger partial charge in [-0.05, 0) is 25.5 Å². The maximum absolute atomic E-state index is 13.0. The minimum Gasteiger partial charge on any atom is -0.373 e. The first-order chi connectivity index (χ1) is 11.5. The first-order valence-corrected chi connectivity index (χ1v) is 7.89. The Hall–Kier alpha value is -2.09. The highest BCUT2D eigenvalue weighted by Gasteiger charge is 2.35. The molecule has 5 nitrogen and oxygen atoms in total. The van der Waals surface area contributed by atoms with Gasteiger partial charge in [-0.25, -0.2) is 4.98 Å². The molecule has 1 N–H and O–H groups in total. The summed E-state index contributed by atoms with van der Waals surface area (Å²) in [6.45, 7) is 3.70. The van der Waals surface area contributed by atoms with Gasteiger partial charge in [0.15, 0.2) is 0 Å². The minimum absolute atomic E-state index is 0.0718. The molecule has 0 saturated carbocycles. The minimum atomic E-state index is -4.43. The van der Waals surface area contributed by atoms with Gasteiger partial charge >= 0.3 is 6.18 Å². The second kappa shape index (κ2) is 6.80. The first kappa shape index (κ1) is 16.8. The molecule has 1 fully saturated rings. The summed E-state index contributed by atoms with van der Waals surface area (Å²) in [6, 6.07) is 2.32. The average Bonchev–Trinajstić information content (AvgIpc) is 3.20. The van der Waals surface area contributed by atoms with Crippen molar-refractivity contribution in [2.45, 2.75) is 32.2 Å². The van der Waals surface area contributed by atoms with E-state index in [1.54, 1.807) is 6.20 Å². The van der Waals surface area contributed by atoms with E-state index in [1.807, 2.05) is 17.8 Å². The molecule has 1 aliphatic rings. The number of halogens is 3. The van der Waals surface area contributed by atoms with Crippen LogP contribution in [0.15, 0.2) is 30.7 Å². The van der Waals surface area contributed by atoms with Crippen molar-refractivity contribution in [1.29, 1.82) is 0 Å². The molecule has 0 bridgehead atoms. The monoisotopic (exact) mass is 340 g/mol. The fourth-order valence-corrected chi connectivity index (χ4v) is 2.91. The van der Waals surface area contributed by atoms with Crippen LogP contribution in [0.3, 0.4) is 0 Å². The summed E-state index contributed by atoms with van der Waals surface area (Å²) in [7, 11) is 0. The van der Waals surface area contributed by atoms with E-state index in [4.69, 9.17) is 4.74 Å². The number of pyridine rings is 1. The standard InChI is InChI=1S/C16H19F3N4O/c1-2-23-10-12(9-22-23)14-11(5-7-24-14)8-21-15-13(16(17,18)19)4-3-6-20-15/h3-4,6,9-11,14H,2,5,7-8H2,1H3,(H,20,21)/t11-,14+/m0/s1. The lowest BCUT2D eigenvalue weighted by molar-refractivity contribution is -0.137. The molecule has 2 aromatic rings. The molecule has 0 aromatic carbocycles. The smallest absolute Gasteiger partial charge is 0.373 e. The topological polar surface area (TPSA) is 52.0 Å². The quantitative estimate of drug-likeness (QED) is 0.905. The molecule has 0 unspecified atom stereocenters. The Balaban J connectivity index is 1.70. The molecule has 2 atom stereocenters. The Bertz CT molecular complexity index is 686. The molecule has 3 heterocycles. The highest BCUT2D eigenvalue weighted by atomic mass is 19.4. The lowest BCUT2D eigenvalue weighted by Gasteiger charge is -2.19. The summed E-state index contributed by atoms with van der Waals surface area (Å²) < 4.78 is 46.6. The van der Waals surface area contributed by atoms with E-state index < -0.39 is 11.7 Å². The van der Waals surface area contributed by atoms with Gasteiger partial charge in [0.2, 0.25) is 0 Å². The molecule has 24 heavy (non-hydrogen) atoms. The van der Waals surface area contributed by atoms with Gasteiger partial charge in [-0.1, -0.05) is 0 Å². The number of ether oxygens (including phenoxy) is 1. The molecular weight excluding hydrogens is 321 g/mol. The number of nitrogens with one attached hydrogen (secondary N) is 1. The van der Waals surface area contributed by atoms with Crippen LogP contribution in [-0.2, 0) is 17.5 Å². The SMILES string of the molecule is CCn1cc([C@@H]2OCC[C@H]2CNc2ncccc2C(F)(F)F)cn1. The van der Waals surface area contributed by atoms with E-state index in [1.165, 1.54) is 12.3 Å². The normalized spacial score (nSPS) is 21.2. The zero-order valence-electron chi connectivity index (χ0n) is 13.3. The molecule has 0 aliphatic carbocycles. The number of rotatable bonds is 5. The van der Waals surface area contributed by atoms with Gasteiger partial charge in [0.1, 0.15) is 5.82 Å². The van der Waals surface area contributed by atoms with Crippen LogP contribution >= 0.6 is 0 Å². The van der Waals surface area contributed by atoms with Crippen molar-refractivity contribution in [3.05, 3.63) is 41.9 Å². The summed E-state index contributed by atoms with van der Waals surface area (Å²) in [5.74, 6) is -0.0671. The molecule has 1 aliphatic heterocycles. The Labute approximate surface area is 137 Å². The van der Waals surface area contributed by atoms with E-state index in [2.05, 4.69) is 15.4 Å². The number of nitrogens with zero attached hydrogens (tertiary/aromatic N) is 3. The maximum atomic E-state index is 13.0. The van der Waals surface area contributed by atoms with Crippen LogP contribution in [0.25, 0.3) is 0 Å². The molecule has 1 saturated heterocycles. The number of hydrogen-bond donors (Lipinski definition) is 1. The molecule has 3 rings (SSSR count). The lowest BCUT2D eigenvalue weighted by Crippen LogP contribution is -2.20. The van der Waals surface area contributed by atoms with Gasteiger partial charge in [0.25, 0.3) is 0 Å². The maximum Gasteiger partial charge on any atom is 0.419 e. The van der Waals surface area contributed by atoms with E-state index in [0.29, 0.717) is 13.2 Å².